The number of amides is 2. The molecule has 0 saturated carbocycles. The van der Waals surface area contributed by atoms with Gasteiger partial charge in [0.2, 0.25) is 0 Å². The molecule has 3 N–H and O–H groups in total. The van der Waals surface area contributed by atoms with Crippen molar-refractivity contribution in [3.63, 3.8) is 0 Å². The molecule has 0 fully saturated rings. The minimum absolute atomic E-state index is 0.0188. The Morgan fingerprint density at radius 2 is 1.90 bits per heavy atom. The molecule has 116 valence electrons. The summed E-state index contributed by atoms with van der Waals surface area (Å²) in [6.45, 7) is 2.17. The zero-order valence-corrected chi connectivity index (χ0v) is 12.9. The summed E-state index contributed by atoms with van der Waals surface area (Å²) < 4.78 is 11.2. The largest absolute Gasteiger partial charge is 0.479 e. The molecule has 6 nitrogen and oxygen atoms in total. The van der Waals surface area contributed by atoms with Gasteiger partial charge in [-0.1, -0.05) is 37.3 Å². The molecule has 7 heteroatoms. The Bertz CT molecular complexity index is 507. The third kappa shape index (κ3) is 5.95. The highest BCUT2D eigenvalue weighted by atomic mass is 32.2. The number of benzene rings is 1. The van der Waals surface area contributed by atoms with Crippen molar-refractivity contribution < 1.29 is 18.9 Å². The second-order valence-corrected chi connectivity index (χ2v) is 6.48. The lowest BCUT2D eigenvalue weighted by atomic mass is 10.1. The molecular weight excluding hydrogens is 292 g/mol. The standard InChI is InChI=1S/C14H20N2O4S/c1-10(21(2)20)8-9-15-14(19)16-12(13(17)18)11-6-4-3-5-7-11/h3-7,10,12H,8-9H2,1-2H3,(H,17,18)(H2,15,16,19)/t10?,12-,21?/m0/s1. The number of hydrogen-bond acceptors (Lipinski definition) is 3. The Morgan fingerprint density at radius 1 is 1.29 bits per heavy atom. The van der Waals surface area contributed by atoms with Crippen LogP contribution in [-0.2, 0) is 15.6 Å². The van der Waals surface area contributed by atoms with Gasteiger partial charge in [0.15, 0.2) is 6.04 Å². The van der Waals surface area contributed by atoms with Crippen LogP contribution in [0.4, 0.5) is 4.79 Å². The van der Waals surface area contributed by atoms with Gasteiger partial charge in [-0.2, -0.15) is 0 Å². The van der Waals surface area contributed by atoms with Gasteiger partial charge in [-0.15, -0.1) is 0 Å². The summed E-state index contributed by atoms with van der Waals surface area (Å²) in [7, 11) is -0.939. The number of carboxylic acid groups (broad SMARTS) is 1. The molecule has 0 spiro atoms. The van der Waals surface area contributed by atoms with Crippen molar-refractivity contribution in [1.82, 2.24) is 10.6 Å². The highest BCUT2D eigenvalue weighted by Gasteiger charge is 2.21. The first-order valence-corrected chi connectivity index (χ1v) is 8.18. The van der Waals surface area contributed by atoms with E-state index in [1.807, 2.05) is 6.92 Å². The Hall–Kier alpha value is -1.89. The second-order valence-electron chi connectivity index (χ2n) is 4.68. The Kier molecular flexibility index (Phi) is 6.87. The van der Waals surface area contributed by atoms with E-state index in [1.54, 1.807) is 36.6 Å². The van der Waals surface area contributed by atoms with E-state index >= 15 is 0 Å². The van der Waals surface area contributed by atoms with Crippen molar-refractivity contribution in [2.75, 3.05) is 12.8 Å². The van der Waals surface area contributed by atoms with Crippen molar-refractivity contribution in [2.45, 2.75) is 24.6 Å². The average Bonchev–Trinajstić information content (AvgIpc) is 2.45. The van der Waals surface area contributed by atoms with E-state index in [4.69, 9.17) is 0 Å². The number of aliphatic carboxylic acids is 1. The molecule has 2 unspecified atom stereocenters. The third-order valence-corrected chi connectivity index (χ3v) is 4.43. The maximum absolute atomic E-state index is 11.7. The number of rotatable bonds is 7. The normalized spacial score (nSPS) is 14.8. The van der Waals surface area contributed by atoms with Crippen molar-refractivity contribution in [1.29, 1.82) is 0 Å². The molecule has 1 aromatic carbocycles. The minimum atomic E-state index is -1.13. The van der Waals surface area contributed by atoms with Gasteiger partial charge in [-0.25, -0.2) is 9.59 Å². The Morgan fingerprint density at radius 3 is 2.43 bits per heavy atom. The van der Waals surface area contributed by atoms with Crippen LogP contribution in [0.25, 0.3) is 0 Å². The van der Waals surface area contributed by atoms with E-state index in [9.17, 15) is 18.9 Å². The van der Waals surface area contributed by atoms with Crippen LogP contribution in [0.2, 0.25) is 0 Å². The lowest BCUT2D eigenvalue weighted by Gasteiger charge is -2.16. The zero-order valence-electron chi connectivity index (χ0n) is 12.0. The lowest BCUT2D eigenvalue weighted by Crippen LogP contribution is -2.41. The first-order valence-electron chi connectivity index (χ1n) is 6.56. The molecule has 1 rings (SSSR count). The summed E-state index contributed by atoms with van der Waals surface area (Å²) in [5.74, 6) is -1.13. The highest BCUT2D eigenvalue weighted by molar-refractivity contribution is 7.84. The average molecular weight is 312 g/mol. The Balaban J connectivity index is 2.51. The molecule has 0 saturated heterocycles. The summed E-state index contributed by atoms with van der Waals surface area (Å²) in [6, 6.07) is 6.83. The maximum Gasteiger partial charge on any atom is 0.330 e. The maximum atomic E-state index is 11.7. The van der Waals surface area contributed by atoms with Gasteiger partial charge in [-0.05, 0) is 12.0 Å². The molecule has 0 heterocycles. The number of nitrogens with one attached hydrogen (secondary N) is 2. The Labute approximate surface area is 126 Å². The van der Waals surface area contributed by atoms with E-state index in [2.05, 4.69) is 10.6 Å². The summed E-state index contributed by atoms with van der Waals surface area (Å²) in [4.78, 5) is 22.9. The topological polar surface area (TPSA) is 95.5 Å². The van der Waals surface area contributed by atoms with E-state index < -0.39 is 28.8 Å². The molecule has 0 aliphatic heterocycles. The molecular formula is C14H20N2O4S. The van der Waals surface area contributed by atoms with Gasteiger partial charge in [-0.3, -0.25) is 4.21 Å². The van der Waals surface area contributed by atoms with Gasteiger partial charge in [0.1, 0.15) is 0 Å². The van der Waals surface area contributed by atoms with Crippen molar-refractivity contribution in [3.05, 3.63) is 35.9 Å². The summed E-state index contributed by atoms with van der Waals surface area (Å²) in [5, 5.41) is 14.1. The first-order chi connectivity index (χ1) is 9.91. The monoisotopic (exact) mass is 312 g/mol. The van der Waals surface area contributed by atoms with Gasteiger partial charge in [0, 0.05) is 28.9 Å². The first kappa shape index (κ1) is 17.2. The number of urea groups is 1. The van der Waals surface area contributed by atoms with E-state index in [0.717, 1.165) is 0 Å². The predicted molar refractivity (Wildman–Crippen MR) is 81.5 cm³/mol. The predicted octanol–water partition coefficient (Wildman–Crippen LogP) is 1.27. The second kappa shape index (κ2) is 8.41. The lowest BCUT2D eigenvalue weighted by molar-refractivity contribution is -0.139. The van der Waals surface area contributed by atoms with Gasteiger partial charge >= 0.3 is 12.0 Å². The van der Waals surface area contributed by atoms with Crippen LogP contribution in [0.3, 0.4) is 0 Å². The van der Waals surface area contributed by atoms with E-state index in [-0.39, 0.29) is 5.25 Å². The molecule has 0 aliphatic rings. The molecule has 0 aliphatic carbocycles. The van der Waals surface area contributed by atoms with Gasteiger partial charge < -0.3 is 15.7 Å². The molecule has 0 radical (unpaired) electrons. The van der Waals surface area contributed by atoms with E-state index in [0.29, 0.717) is 18.5 Å². The number of carbonyl (C=O) groups excluding carboxylic acids is 1. The number of carbonyl (C=O) groups is 2. The van der Waals surface area contributed by atoms with Crippen LogP contribution in [0.15, 0.2) is 30.3 Å². The molecule has 0 bridgehead atoms. The fourth-order valence-electron chi connectivity index (χ4n) is 1.67. The van der Waals surface area contributed by atoms with E-state index in [1.165, 1.54) is 0 Å². The summed E-state index contributed by atoms with van der Waals surface area (Å²) in [6.07, 6.45) is 2.18. The molecule has 0 aromatic heterocycles. The minimum Gasteiger partial charge on any atom is -0.479 e. The highest BCUT2D eigenvalue weighted by Crippen LogP contribution is 2.12. The number of carboxylic acids is 1. The summed E-state index contributed by atoms with van der Waals surface area (Å²) in [5.41, 5.74) is 0.503. The van der Waals surface area contributed by atoms with Crippen LogP contribution >= 0.6 is 0 Å². The quantitative estimate of drug-likeness (QED) is 0.706. The number of hydrogen-bond donors (Lipinski definition) is 3. The van der Waals surface area contributed by atoms with Crippen molar-refractivity contribution in [2.24, 2.45) is 0 Å². The summed E-state index contributed by atoms with van der Waals surface area (Å²) >= 11 is 0. The van der Waals surface area contributed by atoms with Crippen LogP contribution in [0.5, 0.6) is 0 Å². The van der Waals surface area contributed by atoms with Gasteiger partial charge in [0.05, 0.1) is 0 Å². The van der Waals surface area contributed by atoms with Crippen LogP contribution in [-0.4, -0.2) is 39.4 Å². The van der Waals surface area contributed by atoms with Crippen LogP contribution in [0, 0.1) is 0 Å². The fraction of sp³-hybridized carbons (Fsp3) is 0.429. The molecule has 1 aromatic rings. The van der Waals surface area contributed by atoms with Gasteiger partial charge in [0.25, 0.3) is 0 Å². The third-order valence-electron chi connectivity index (χ3n) is 3.06. The molecule has 3 atom stereocenters. The van der Waals surface area contributed by atoms with Crippen molar-refractivity contribution in [3.8, 4) is 0 Å². The molecule has 21 heavy (non-hydrogen) atoms. The molecule has 2 amide bonds. The fourth-order valence-corrected chi connectivity index (χ4v) is 2.12. The zero-order chi connectivity index (χ0) is 15.8. The smallest absolute Gasteiger partial charge is 0.330 e. The SMILES string of the molecule is CC(CCNC(=O)N[C@H](C(=O)O)c1ccccc1)S(C)=O. The van der Waals surface area contributed by atoms with Crippen LogP contribution < -0.4 is 10.6 Å². The van der Waals surface area contributed by atoms with Crippen molar-refractivity contribution >= 4 is 22.8 Å². The van der Waals surface area contributed by atoms with Crippen LogP contribution in [0.1, 0.15) is 24.9 Å².